The van der Waals surface area contributed by atoms with Gasteiger partial charge in [0.15, 0.2) is 5.84 Å². The van der Waals surface area contributed by atoms with Crippen molar-refractivity contribution in [2.45, 2.75) is 51.0 Å². The maximum absolute atomic E-state index is 12.5. The standard InChI is InChI=1S/C15H22N4O2/c1-11-7-6-10-17-12(11)13(20)18-15(14(16)19-21)8-4-2-3-5-9-15/h6-7,10,21H,2-5,8-9H2,1H3,(H2,16,19)(H,18,20). The average Bonchev–Trinajstić information content (AvgIpc) is 2.73. The summed E-state index contributed by atoms with van der Waals surface area (Å²) < 4.78 is 0. The quantitative estimate of drug-likeness (QED) is 0.260. The summed E-state index contributed by atoms with van der Waals surface area (Å²) in [6, 6.07) is 3.63. The van der Waals surface area contributed by atoms with Crippen LogP contribution in [0.15, 0.2) is 23.5 Å². The van der Waals surface area contributed by atoms with Gasteiger partial charge in [-0.1, -0.05) is 36.9 Å². The lowest BCUT2D eigenvalue weighted by Crippen LogP contribution is -2.57. The van der Waals surface area contributed by atoms with E-state index in [1.807, 2.05) is 13.0 Å². The molecule has 0 bridgehead atoms. The molecule has 1 saturated carbocycles. The van der Waals surface area contributed by atoms with E-state index in [1.165, 1.54) is 0 Å². The zero-order valence-corrected chi connectivity index (χ0v) is 12.3. The number of rotatable bonds is 3. The summed E-state index contributed by atoms with van der Waals surface area (Å²) in [5.41, 5.74) is 6.30. The topological polar surface area (TPSA) is 101 Å². The summed E-state index contributed by atoms with van der Waals surface area (Å²) in [5.74, 6) is -0.201. The molecule has 1 aliphatic carbocycles. The minimum atomic E-state index is -0.772. The van der Waals surface area contributed by atoms with Crippen molar-refractivity contribution >= 4 is 11.7 Å². The molecule has 114 valence electrons. The van der Waals surface area contributed by atoms with Crippen LogP contribution < -0.4 is 11.1 Å². The number of hydrogen-bond acceptors (Lipinski definition) is 4. The molecule has 1 amide bonds. The fourth-order valence-corrected chi connectivity index (χ4v) is 2.87. The van der Waals surface area contributed by atoms with Gasteiger partial charge in [0.05, 0.1) is 0 Å². The maximum Gasteiger partial charge on any atom is 0.270 e. The fraction of sp³-hybridized carbons (Fsp3) is 0.533. The van der Waals surface area contributed by atoms with Gasteiger partial charge >= 0.3 is 0 Å². The second kappa shape index (κ2) is 6.56. The zero-order chi connectivity index (χ0) is 15.3. The van der Waals surface area contributed by atoms with E-state index in [9.17, 15) is 4.79 Å². The first-order valence-electron chi connectivity index (χ1n) is 7.31. The van der Waals surface area contributed by atoms with Crippen molar-refractivity contribution in [2.24, 2.45) is 10.9 Å². The lowest BCUT2D eigenvalue weighted by molar-refractivity contribution is 0.0909. The van der Waals surface area contributed by atoms with Crippen LogP contribution in [0.3, 0.4) is 0 Å². The largest absolute Gasteiger partial charge is 0.409 e. The number of oxime groups is 1. The molecule has 4 N–H and O–H groups in total. The van der Waals surface area contributed by atoms with Gasteiger partial charge in [0.1, 0.15) is 11.2 Å². The van der Waals surface area contributed by atoms with Crippen LogP contribution in [0.25, 0.3) is 0 Å². The van der Waals surface area contributed by atoms with Crippen LogP contribution in [0.5, 0.6) is 0 Å². The second-order valence-corrected chi connectivity index (χ2v) is 5.60. The number of nitrogens with two attached hydrogens (primary N) is 1. The molecule has 1 aromatic heterocycles. The number of pyridine rings is 1. The van der Waals surface area contributed by atoms with Crippen molar-refractivity contribution in [1.29, 1.82) is 0 Å². The Morgan fingerprint density at radius 3 is 2.62 bits per heavy atom. The minimum Gasteiger partial charge on any atom is -0.409 e. The van der Waals surface area contributed by atoms with Crippen LogP contribution in [0.2, 0.25) is 0 Å². The molecule has 1 aromatic rings. The highest BCUT2D eigenvalue weighted by atomic mass is 16.4. The Labute approximate surface area is 124 Å². The summed E-state index contributed by atoms with van der Waals surface area (Å²) >= 11 is 0. The molecule has 1 aliphatic rings. The highest BCUT2D eigenvalue weighted by molar-refractivity contribution is 5.99. The Morgan fingerprint density at radius 1 is 1.38 bits per heavy atom. The number of nitrogens with zero attached hydrogens (tertiary/aromatic N) is 2. The molecule has 0 aromatic carbocycles. The van der Waals surface area contributed by atoms with E-state index < -0.39 is 5.54 Å². The van der Waals surface area contributed by atoms with E-state index >= 15 is 0 Å². The van der Waals surface area contributed by atoms with E-state index in [1.54, 1.807) is 12.3 Å². The molecular formula is C15H22N4O2. The molecule has 21 heavy (non-hydrogen) atoms. The van der Waals surface area contributed by atoms with E-state index in [0.29, 0.717) is 18.5 Å². The van der Waals surface area contributed by atoms with Gasteiger partial charge in [0.25, 0.3) is 5.91 Å². The van der Waals surface area contributed by atoms with Gasteiger partial charge in [-0.2, -0.15) is 0 Å². The van der Waals surface area contributed by atoms with E-state index in [4.69, 9.17) is 10.9 Å². The number of aryl methyl sites for hydroxylation is 1. The second-order valence-electron chi connectivity index (χ2n) is 5.60. The molecular weight excluding hydrogens is 268 g/mol. The molecule has 0 aliphatic heterocycles. The Kier molecular flexibility index (Phi) is 4.77. The molecule has 0 saturated heterocycles. The highest BCUT2D eigenvalue weighted by Gasteiger charge is 2.37. The third-order valence-corrected chi connectivity index (χ3v) is 4.13. The predicted octanol–water partition coefficient (Wildman–Crippen LogP) is 1.96. The number of aromatic nitrogens is 1. The normalized spacial score (nSPS) is 18.8. The molecule has 0 atom stereocenters. The summed E-state index contributed by atoms with van der Waals surface area (Å²) in [6.45, 7) is 1.84. The Balaban J connectivity index is 2.27. The summed E-state index contributed by atoms with van der Waals surface area (Å²) in [6.07, 6.45) is 7.03. The van der Waals surface area contributed by atoms with Gasteiger partial charge in [-0.15, -0.1) is 0 Å². The molecule has 0 spiro atoms. The first-order chi connectivity index (χ1) is 10.1. The summed E-state index contributed by atoms with van der Waals surface area (Å²) in [5, 5.41) is 15.2. The maximum atomic E-state index is 12.5. The number of amidine groups is 1. The van der Waals surface area contributed by atoms with Gasteiger partial charge in [0.2, 0.25) is 0 Å². The Bertz CT molecular complexity index is 534. The summed E-state index contributed by atoms with van der Waals surface area (Å²) in [7, 11) is 0. The summed E-state index contributed by atoms with van der Waals surface area (Å²) in [4.78, 5) is 16.6. The molecule has 6 heteroatoms. The fourth-order valence-electron chi connectivity index (χ4n) is 2.87. The number of carbonyl (C=O) groups excluding carboxylic acids is 1. The van der Waals surface area contributed by atoms with Crippen molar-refractivity contribution in [3.63, 3.8) is 0 Å². The number of hydrogen-bond donors (Lipinski definition) is 3. The van der Waals surface area contributed by atoms with Crippen LogP contribution >= 0.6 is 0 Å². The monoisotopic (exact) mass is 290 g/mol. The molecule has 0 radical (unpaired) electrons. The molecule has 1 heterocycles. The Morgan fingerprint density at radius 2 is 2.05 bits per heavy atom. The van der Waals surface area contributed by atoms with Crippen molar-refractivity contribution in [3.05, 3.63) is 29.6 Å². The number of carbonyl (C=O) groups is 1. The van der Waals surface area contributed by atoms with Crippen LogP contribution in [-0.2, 0) is 0 Å². The predicted molar refractivity (Wildman–Crippen MR) is 80.3 cm³/mol. The number of amides is 1. The third kappa shape index (κ3) is 3.32. The highest BCUT2D eigenvalue weighted by Crippen LogP contribution is 2.28. The SMILES string of the molecule is Cc1cccnc1C(=O)NC1(C(N)=NO)CCCCCC1. The van der Waals surface area contributed by atoms with Crippen LogP contribution in [0, 0.1) is 6.92 Å². The first-order valence-corrected chi connectivity index (χ1v) is 7.31. The lowest BCUT2D eigenvalue weighted by Gasteiger charge is -2.32. The lowest BCUT2D eigenvalue weighted by atomic mass is 9.88. The van der Waals surface area contributed by atoms with E-state index in [-0.39, 0.29) is 11.7 Å². The molecule has 1 fully saturated rings. The molecule has 0 unspecified atom stereocenters. The van der Waals surface area contributed by atoms with E-state index in [2.05, 4.69) is 15.5 Å². The molecule has 2 rings (SSSR count). The first kappa shape index (κ1) is 15.3. The minimum absolute atomic E-state index is 0.0753. The van der Waals surface area contributed by atoms with Crippen LogP contribution in [-0.4, -0.2) is 27.5 Å². The smallest absolute Gasteiger partial charge is 0.270 e. The number of nitrogens with one attached hydrogen (secondary N) is 1. The van der Waals surface area contributed by atoms with Crippen molar-refractivity contribution in [1.82, 2.24) is 10.3 Å². The average molecular weight is 290 g/mol. The van der Waals surface area contributed by atoms with Crippen LogP contribution in [0.4, 0.5) is 0 Å². The van der Waals surface area contributed by atoms with Crippen LogP contribution in [0.1, 0.15) is 54.6 Å². The van der Waals surface area contributed by atoms with Gasteiger partial charge in [-0.05, 0) is 31.4 Å². The zero-order valence-electron chi connectivity index (χ0n) is 12.3. The molecule has 6 nitrogen and oxygen atoms in total. The van der Waals surface area contributed by atoms with Crippen molar-refractivity contribution < 1.29 is 10.0 Å². The van der Waals surface area contributed by atoms with E-state index in [0.717, 1.165) is 31.2 Å². The van der Waals surface area contributed by atoms with Gasteiger partial charge < -0.3 is 16.3 Å². The van der Waals surface area contributed by atoms with Gasteiger partial charge in [-0.3, -0.25) is 9.78 Å². The van der Waals surface area contributed by atoms with Gasteiger partial charge in [-0.25, -0.2) is 0 Å². The van der Waals surface area contributed by atoms with Gasteiger partial charge in [0, 0.05) is 6.20 Å². The Hall–Kier alpha value is -2.11. The third-order valence-electron chi connectivity index (χ3n) is 4.13. The van der Waals surface area contributed by atoms with Crippen molar-refractivity contribution in [3.8, 4) is 0 Å². The van der Waals surface area contributed by atoms with Crippen molar-refractivity contribution in [2.75, 3.05) is 0 Å².